The Morgan fingerprint density at radius 1 is 1.18 bits per heavy atom. The van der Waals surface area contributed by atoms with E-state index < -0.39 is 0 Å². The predicted molar refractivity (Wildman–Crippen MR) is 92.4 cm³/mol. The first-order chi connectivity index (χ1) is 10.6. The van der Waals surface area contributed by atoms with Gasteiger partial charge in [-0.15, -0.1) is 5.10 Å². The molecule has 3 aromatic rings. The van der Waals surface area contributed by atoms with Crippen LogP contribution in [0.15, 0.2) is 46.9 Å². The van der Waals surface area contributed by atoms with Gasteiger partial charge in [-0.1, -0.05) is 29.4 Å². The van der Waals surface area contributed by atoms with E-state index in [1.54, 1.807) is 0 Å². The van der Waals surface area contributed by atoms with Crippen molar-refractivity contribution in [3.05, 3.63) is 57.2 Å². The van der Waals surface area contributed by atoms with Gasteiger partial charge in [0, 0.05) is 5.56 Å². The molecule has 3 rings (SSSR count). The zero-order valence-electron chi connectivity index (χ0n) is 11.9. The number of aryl methyl sites for hydroxylation is 1. The fourth-order valence-corrected chi connectivity index (χ4v) is 2.70. The summed E-state index contributed by atoms with van der Waals surface area (Å²) < 4.78 is 12.1. The highest BCUT2D eigenvalue weighted by Gasteiger charge is 2.10. The van der Waals surface area contributed by atoms with Crippen LogP contribution in [0.3, 0.4) is 0 Å². The van der Waals surface area contributed by atoms with Crippen molar-refractivity contribution in [3.8, 4) is 17.2 Å². The molecule has 22 heavy (non-hydrogen) atoms. The maximum absolute atomic E-state index is 5.90. The quantitative estimate of drug-likeness (QED) is 0.666. The largest absolute Gasteiger partial charge is 0.488 e. The second-order valence-corrected chi connectivity index (χ2v) is 5.97. The summed E-state index contributed by atoms with van der Waals surface area (Å²) >= 11 is 2.22. The molecule has 0 bridgehead atoms. The topological polar surface area (TPSA) is 74.2 Å². The van der Waals surface area contributed by atoms with Gasteiger partial charge in [-0.25, -0.2) is 0 Å². The molecule has 6 heteroatoms. The second kappa shape index (κ2) is 6.35. The number of aromatic nitrogens is 2. The van der Waals surface area contributed by atoms with Crippen molar-refractivity contribution in [2.75, 3.05) is 5.73 Å². The van der Waals surface area contributed by atoms with Gasteiger partial charge in [0.15, 0.2) is 0 Å². The van der Waals surface area contributed by atoms with Crippen LogP contribution in [0.2, 0.25) is 0 Å². The van der Waals surface area contributed by atoms with Gasteiger partial charge in [-0.2, -0.15) is 0 Å². The van der Waals surface area contributed by atoms with Crippen LogP contribution >= 0.6 is 22.6 Å². The monoisotopic (exact) mass is 407 g/mol. The SMILES string of the molecule is Cc1ccccc1COc1ccc(-c2nnc(N)o2)cc1I. The summed E-state index contributed by atoms with van der Waals surface area (Å²) in [6.45, 7) is 2.61. The molecule has 0 amide bonds. The summed E-state index contributed by atoms with van der Waals surface area (Å²) in [5, 5.41) is 7.53. The number of hydrogen-bond donors (Lipinski definition) is 1. The summed E-state index contributed by atoms with van der Waals surface area (Å²) in [7, 11) is 0. The van der Waals surface area contributed by atoms with Crippen molar-refractivity contribution in [2.24, 2.45) is 0 Å². The lowest BCUT2D eigenvalue weighted by Crippen LogP contribution is -1.99. The Balaban J connectivity index is 1.77. The molecule has 0 spiro atoms. The van der Waals surface area contributed by atoms with E-state index in [0.29, 0.717) is 12.5 Å². The van der Waals surface area contributed by atoms with Crippen molar-refractivity contribution < 1.29 is 9.15 Å². The molecule has 0 aliphatic heterocycles. The van der Waals surface area contributed by atoms with Gasteiger partial charge in [-0.3, -0.25) is 0 Å². The fraction of sp³-hybridized carbons (Fsp3) is 0.125. The molecule has 0 saturated carbocycles. The lowest BCUT2D eigenvalue weighted by molar-refractivity contribution is 0.303. The molecule has 0 radical (unpaired) electrons. The molecule has 2 N–H and O–H groups in total. The van der Waals surface area contributed by atoms with Gasteiger partial charge < -0.3 is 14.9 Å². The van der Waals surface area contributed by atoms with Crippen LogP contribution in [0, 0.1) is 10.5 Å². The normalized spacial score (nSPS) is 10.6. The van der Waals surface area contributed by atoms with Gasteiger partial charge in [0.25, 0.3) is 0 Å². The number of nitrogens with two attached hydrogens (primary N) is 1. The van der Waals surface area contributed by atoms with E-state index in [1.165, 1.54) is 11.1 Å². The standard InChI is InChI=1S/C16H14IN3O2/c1-10-4-2-3-5-12(10)9-21-14-7-6-11(8-13(14)17)15-19-20-16(18)22-15/h2-8H,9H2,1H3,(H2,18,20). The maximum Gasteiger partial charge on any atom is 0.313 e. The van der Waals surface area contributed by atoms with Gasteiger partial charge in [0.2, 0.25) is 5.89 Å². The highest BCUT2D eigenvalue weighted by atomic mass is 127. The molecule has 0 fully saturated rings. The second-order valence-electron chi connectivity index (χ2n) is 4.81. The third-order valence-electron chi connectivity index (χ3n) is 3.26. The number of benzene rings is 2. The summed E-state index contributed by atoms with van der Waals surface area (Å²) in [4.78, 5) is 0. The molecule has 0 aliphatic carbocycles. The van der Waals surface area contributed by atoms with Crippen LogP contribution in [-0.4, -0.2) is 10.2 Å². The molecule has 0 aliphatic rings. The van der Waals surface area contributed by atoms with Crippen molar-refractivity contribution in [1.82, 2.24) is 10.2 Å². The van der Waals surface area contributed by atoms with Crippen molar-refractivity contribution in [1.29, 1.82) is 0 Å². The van der Waals surface area contributed by atoms with Crippen LogP contribution < -0.4 is 10.5 Å². The molecule has 1 heterocycles. The molecule has 0 saturated heterocycles. The number of nitrogens with zero attached hydrogens (tertiary/aromatic N) is 2. The zero-order valence-corrected chi connectivity index (χ0v) is 14.1. The van der Waals surface area contributed by atoms with Gasteiger partial charge in [0.1, 0.15) is 12.4 Å². The van der Waals surface area contributed by atoms with E-state index in [0.717, 1.165) is 14.9 Å². The molecule has 0 atom stereocenters. The van der Waals surface area contributed by atoms with E-state index in [2.05, 4.69) is 51.8 Å². The third kappa shape index (κ3) is 3.22. The predicted octanol–water partition coefficient (Wildman–Crippen LogP) is 3.81. The average Bonchev–Trinajstić information content (AvgIpc) is 2.94. The molecule has 1 aromatic heterocycles. The maximum atomic E-state index is 5.90. The van der Waals surface area contributed by atoms with Gasteiger partial charge in [-0.05, 0) is 58.8 Å². The molecule has 5 nitrogen and oxygen atoms in total. The number of anilines is 1. The van der Waals surface area contributed by atoms with Crippen LogP contribution in [0.25, 0.3) is 11.5 Å². The molecular formula is C16H14IN3O2. The highest BCUT2D eigenvalue weighted by Crippen LogP contribution is 2.28. The zero-order chi connectivity index (χ0) is 15.5. The lowest BCUT2D eigenvalue weighted by Gasteiger charge is -2.10. The van der Waals surface area contributed by atoms with Gasteiger partial charge >= 0.3 is 6.01 Å². The first kappa shape index (κ1) is 14.8. The van der Waals surface area contributed by atoms with Gasteiger partial charge in [0.05, 0.1) is 3.57 Å². The molecular weight excluding hydrogens is 393 g/mol. The minimum Gasteiger partial charge on any atom is -0.488 e. The Labute approximate surface area is 141 Å². The Morgan fingerprint density at radius 3 is 2.68 bits per heavy atom. The Kier molecular flexibility index (Phi) is 4.28. The van der Waals surface area contributed by atoms with E-state index in [-0.39, 0.29) is 6.01 Å². The molecule has 112 valence electrons. The first-order valence-electron chi connectivity index (χ1n) is 6.69. The van der Waals surface area contributed by atoms with Crippen LogP contribution in [0.1, 0.15) is 11.1 Å². The highest BCUT2D eigenvalue weighted by molar-refractivity contribution is 14.1. The molecule has 2 aromatic carbocycles. The third-order valence-corrected chi connectivity index (χ3v) is 4.11. The molecule has 0 unspecified atom stereocenters. The summed E-state index contributed by atoms with van der Waals surface area (Å²) in [5.41, 5.74) is 8.65. The van der Waals surface area contributed by atoms with E-state index >= 15 is 0 Å². The number of halogens is 1. The Morgan fingerprint density at radius 2 is 2.00 bits per heavy atom. The van der Waals surface area contributed by atoms with Crippen LogP contribution in [0.4, 0.5) is 6.01 Å². The van der Waals surface area contributed by atoms with Crippen molar-refractivity contribution >= 4 is 28.6 Å². The fourth-order valence-electron chi connectivity index (χ4n) is 2.03. The number of rotatable bonds is 4. The lowest BCUT2D eigenvalue weighted by atomic mass is 10.1. The van der Waals surface area contributed by atoms with Crippen LogP contribution in [0.5, 0.6) is 5.75 Å². The average molecular weight is 407 g/mol. The van der Waals surface area contributed by atoms with E-state index in [9.17, 15) is 0 Å². The first-order valence-corrected chi connectivity index (χ1v) is 7.77. The Bertz CT molecular complexity index is 802. The van der Waals surface area contributed by atoms with Crippen molar-refractivity contribution in [2.45, 2.75) is 13.5 Å². The summed E-state index contributed by atoms with van der Waals surface area (Å²) in [5.74, 6) is 1.22. The number of ether oxygens (including phenoxy) is 1. The number of hydrogen-bond acceptors (Lipinski definition) is 5. The summed E-state index contributed by atoms with van der Waals surface area (Å²) in [6, 6.07) is 13.9. The Hall–Kier alpha value is -2.09. The van der Waals surface area contributed by atoms with Crippen LogP contribution in [-0.2, 0) is 6.61 Å². The minimum atomic E-state index is 0.0601. The number of nitrogen functional groups attached to an aromatic ring is 1. The minimum absolute atomic E-state index is 0.0601. The van der Waals surface area contributed by atoms with E-state index in [1.807, 2.05) is 30.3 Å². The smallest absolute Gasteiger partial charge is 0.313 e. The summed E-state index contributed by atoms with van der Waals surface area (Å²) in [6.07, 6.45) is 0. The van der Waals surface area contributed by atoms with E-state index in [4.69, 9.17) is 14.9 Å². The van der Waals surface area contributed by atoms with Crippen molar-refractivity contribution in [3.63, 3.8) is 0 Å².